The SMILES string of the molecule is CC(=O)OC(C)=O.Cc1nc2ncnc(Cl)c2[nH]1.N.Nc1c(Cl)ncnc1Cl.Nc1ncnc(Cl)c1N.O. The van der Waals surface area contributed by atoms with Gasteiger partial charge in [-0.25, -0.2) is 34.9 Å². The van der Waals surface area contributed by atoms with E-state index in [-0.39, 0.29) is 44.3 Å². The van der Waals surface area contributed by atoms with E-state index >= 15 is 0 Å². The second-order valence-corrected chi connectivity index (χ2v) is 7.53. The van der Waals surface area contributed by atoms with Crippen LogP contribution in [0.3, 0.4) is 0 Å². The molecule has 0 bridgehead atoms. The molecule has 0 saturated heterocycles. The molecule has 0 aliphatic rings. The number of nitrogen functional groups attached to an aromatic ring is 3. The molecule has 38 heavy (non-hydrogen) atoms. The van der Waals surface area contributed by atoms with Crippen molar-refractivity contribution in [3.05, 3.63) is 45.4 Å². The monoisotopic (exact) mass is 612 g/mol. The predicted octanol–water partition coefficient (Wildman–Crippen LogP) is 2.41. The van der Waals surface area contributed by atoms with Crippen molar-refractivity contribution >= 4 is 86.7 Å². The number of nitrogens with one attached hydrogen (secondary N) is 1. The van der Waals surface area contributed by atoms with E-state index in [0.29, 0.717) is 16.3 Å². The normalized spacial score (nSPS) is 9.03. The third-order valence-electron chi connectivity index (χ3n) is 3.30. The van der Waals surface area contributed by atoms with Crippen LogP contribution < -0.4 is 23.4 Å². The molecule has 0 atom stereocenters. The van der Waals surface area contributed by atoms with Crippen LogP contribution in [0.1, 0.15) is 19.7 Å². The van der Waals surface area contributed by atoms with Gasteiger partial charge in [0.15, 0.2) is 32.1 Å². The van der Waals surface area contributed by atoms with Gasteiger partial charge in [-0.2, -0.15) is 0 Å². The number of anilines is 3. The van der Waals surface area contributed by atoms with Crippen LogP contribution in [-0.4, -0.2) is 57.3 Å². The molecule has 0 amide bonds. The molecular weight excluding hydrogens is 590 g/mol. The average Bonchev–Trinajstić information content (AvgIpc) is 3.18. The van der Waals surface area contributed by atoms with Crippen molar-refractivity contribution in [2.24, 2.45) is 0 Å². The Balaban J connectivity index is 0. The standard InChI is InChI=1S/C6H5ClN4.C4H3Cl2N3.C4H5ClN4.C4H6O3.H3N.H2O/c1-3-10-4-5(7)8-2-9-6(4)11-3;5-3-2(7)4(6)9-1-8-3;5-3-2(6)4(7)9-1-8-3;1-3(5)7-4(2)6;;/h2H,1H3,(H,8,9,10,11);1H,7H2;1H,6H2,(H2,7,8,9);1-2H3;1H3;1H2. The van der Waals surface area contributed by atoms with Crippen LogP contribution in [0.4, 0.5) is 17.2 Å². The zero-order chi connectivity index (χ0) is 27.4. The highest BCUT2D eigenvalue weighted by molar-refractivity contribution is 6.37. The van der Waals surface area contributed by atoms with Crippen LogP contribution in [0, 0.1) is 6.92 Å². The Kier molecular flexibility index (Phi) is 17.0. The molecule has 16 nitrogen and oxygen atoms in total. The van der Waals surface area contributed by atoms with Gasteiger partial charge in [-0.3, -0.25) is 9.59 Å². The van der Waals surface area contributed by atoms with Gasteiger partial charge in [0.05, 0.1) is 0 Å². The van der Waals surface area contributed by atoms with Gasteiger partial charge in [0.1, 0.15) is 41.7 Å². The maximum Gasteiger partial charge on any atom is 0.310 e. The highest BCUT2D eigenvalue weighted by atomic mass is 35.5. The summed E-state index contributed by atoms with van der Waals surface area (Å²) in [5.74, 6) is -0.114. The fourth-order valence-corrected chi connectivity index (χ4v) is 2.49. The van der Waals surface area contributed by atoms with E-state index < -0.39 is 11.9 Å². The van der Waals surface area contributed by atoms with Crippen molar-refractivity contribution in [1.82, 2.24) is 46.0 Å². The number of carbonyl (C=O) groups is 2. The maximum atomic E-state index is 9.81. The first-order chi connectivity index (χ1) is 16.8. The summed E-state index contributed by atoms with van der Waals surface area (Å²) in [6.45, 7) is 4.21. The summed E-state index contributed by atoms with van der Waals surface area (Å²) in [6.07, 6.45) is 3.90. The lowest BCUT2D eigenvalue weighted by atomic mass is 10.5. The van der Waals surface area contributed by atoms with Crippen LogP contribution in [-0.2, 0) is 14.3 Å². The Morgan fingerprint density at radius 3 is 1.55 bits per heavy atom. The molecule has 12 N–H and O–H groups in total. The van der Waals surface area contributed by atoms with Gasteiger partial charge in [0, 0.05) is 13.8 Å². The van der Waals surface area contributed by atoms with Gasteiger partial charge in [-0.15, -0.1) is 0 Å². The number of carbonyl (C=O) groups excluding carboxylic acids is 2. The number of nitrogens with two attached hydrogens (primary N) is 3. The number of esters is 2. The minimum absolute atomic E-state index is 0. The molecule has 0 aromatic carbocycles. The lowest BCUT2D eigenvalue weighted by Crippen LogP contribution is -2.03. The summed E-state index contributed by atoms with van der Waals surface area (Å²) in [5, 5.41) is 0.989. The number of hydrogen-bond acceptors (Lipinski definition) is 14. The fraction of sp³-hybridized carbons (Fsp3) is 0.167. The Morgan fingerprint density at radius 2 is 1.18 bits per heavy atom. The van der Waals surface area contributed by atoms with Gasteiger partial charge in [0.2, 0.25) is 0 Å². The first-order valence-corrected chi connectivity index (χ1v) is 10.8. The molecule has 4 heterocycles. The van der Waals surface area contributed by atoms with Gasteiger partial charge in [0.25, 0.3) is 0 Å². The van der Waals surface area contributed by atoms with Crippen molar-refractivity contribution in [2.45, 2.75) is 20.8 Å². The second kappa shape index (κ2) is 17.7. The summed E-state index contributed by atoms with van der Waals surface area (Å²) in [4.78, 5) is 48.7. The van der Waals surface area contributed by atoms with Crippen LogP contribution in [0.15, 0.2) is 19.0 Å². The molecule has 20 heteroatoms. The molecule has 0 radical (unpaired) electrons. The van der Waals surface area contributed by atoms with Crippen molar-refractivity contribution in [2.75, 3.05) is 17.2 Å². The first kappa shape index (κ1) is 36.5. The first-order valence-electron chi connectivity index (χ1n) is 9.28. The van der Waals surface area contributed by atoms with Crippen molar-refractivity contribution in [3.63, 3.8) is 0 Å². The molecule has 0 saturated carbocycles. The van der Waals surface area contributed by atoms with Gasteiger partial charge in [-0.1, -0.05) is 46.4 Å². The third kappa shape index (κ3) is 12.5. The number of rotatable bonds is 0. The molecule has 4 aromatic heterocycles. The third-order valence-corrected chi connectivity index (χ3v) is 4.49. The van der Waals surface area contributed by atoms with Crippen molar-refractivity contribution in [3.8, 4) is 0 Å². The second-order valence-electron chi connectivity index (χ2n) is 6.10. The number of hydrogen-bond donors (Lipinski definition) is 5. The summed E-state index contributed by atoms with van der Waals surface area (Å²) in [5.41, 5.74) is 17.6. The van der Waals surface area contributed by atoms with Gasteiger partial charge in [-0.05, 0) is 6.92 Å². The van der Waals surface area contributed by atoms with E-state index in [4.69, 9.17) is 63.6 Å². The molecule has 0 spiro atoms. The Morgan fingerprint density at radius 1 is 0.763 bits per heavy atom. The Labute approximate surface area is 235 Å². The minimum atomic E-state index is -0.562. The highest BCUT2D eigenvalue weighted by Gasteiger charge is 2.04. The molecule has 208 valence electrons. The van der Waals surface area contributed by atoms with Crippen LogP contribution >= 0.6 is 46.4 Å². The maximum absolute atomic E-state index is 9.81. The highest BCUT2D eigenvalue weighted by Crippen LogP contribution is 2.21. The van der Waals surface area contributed by atoms with Crippen LogP contribution in [0.25, 0.3) is 11.2 Å². The summed E-state index contributed by atoms with van der Waals surface area (Å²) in [6, 6.07) is 0. The molecule has 0 aliphatic heterocycles. The number of aromatic amines is 1. The zero-order valence-electron chi connectivity index (χ0n) is 20.0. The molecule has 0 fully saturated rings. The van der Waals surface area contributed by atoms with E-state index in [1.807, 2.05) is 6.92 Å². The van der Waals surface area contributed by atoms with E-state index in [0.717, 1.165) is 5.82 Å². The largest absolute Gasteiger partial charge is 0.412 e. The van der Waals surface area contributed by atoms with E-state index in [2.05, 4.69) is 44.6 Å². The molecule has 4 rings (SSSR count). The van der Waals surface area contributed by atoms with Gasteiger partial charge < -0.3 is 38.5 Å². The van der Waals surface area contributed by atoms with Crippen molar-refractivity contribution in [1.29, 1.82) is 0 Å². The van der Waals surface area contributed by atoms with Crippen molar-refractivity contribution < 1.29 is 19.8 Å². The number of halogens is 4. The van der Waals surface area contributed by atoms with Crippen LogP contribution in [0.5, 0.6) is 0 Å². The number of aromatic nitrogens is 8. The quantitative estimate of drug-likeness (QED) is 0.108. The number of ether oxygens (including phenoxy) is 1. The van der Waals surface area contributed by atoms with E-state index in [1.165, 1.54) is 32.8 Å². The number of aryl methyl sites for hydroxylation is 1. The van der Waals surface area contributed by atoms with Crippen LogP contribution in [0.2, 0.25) is 20.6 Å². The summed E-state index contributed by atoms with van der Waals surface area (Å²) < 4.78 is 3.97. The zero-order valence-corrected chi connectivity index (χ0v) is 23.1. The predicted molar refractivity (Wildman–Crippen MR) is 145 cm³/mol. The smallest absolute Gasteiger partial charge is 0.310 e. The van der Waals surface area contributed by atoms with E-state index in [1.54, 1.807) is 0 Å². The summed E-state index contributed by atoms with van der Waals surface area (Å²) >= 11 is 22.1. The Hall–Kier alpha value is -3.67. The molecule has 0 unspecified atom stereocenters. The van der Waals surface area contributed by atoms with Gasteiger partial charge >= 0.3 is 11.9 Å². The Bertz CT molecular complexity index is 1240. The number of H-pyrrole nitrogens is 1. The molecular formula is C18H24Cl4N12O4. The lowest BCUT2D eigenvalue weighted by molar-refractivity contribution is -0.156. The summed E-state index contributed by atoms with van der Waals surface area (Å²) in [7, 11) is 0. The molecule has 4 aromatic rings. The molecule has 0 aliphatic carbocycles. The number of imidazole rings is 1. The minimum Gasteiger partial charge on any atom is -0.412 e. The average molecular weight is 614 g/mol. The fourth-order valence-electron chi connectivity index (χ4n) is 1.86. The lowest BCUT2D eigenvalue weighted by Gasteiger charge is -1.96. The van der Waals surface area contributed by atoms with E-state index in [9.17, 15) is 9.59 Å². The number of nitrogens with zero attached hydrogens (tertiary/aromatic N) is 7. The topological polar surface area (TPSA) is 294 Å². The number of fused-ring (bicyclic) bond motifs is 1.